The van der Waals surface area contributed by atoms with Crippen LogP contribution in [0, 0.1) is 0 Å². The van der Waals surface area contributed by atoms with Crippen LogP contribution >= 0.6 is 7.60 Å². The largest absolute Gasteiger partial charge is 0.494 e. The van der Waals surface area contributed by atoms with E-state index in [1.54, 1.807) is 27.9 Å². The molecule has 0 aliphatic heterocycles. The lowest BCUT2D eigenvalue weighted by molar-refractivity contribution is 0.222. The van der Waals surface area contributed by atoms with Crippen molar-refractivity contribution >= 4 is 7.60 Å². The Kier molecular flexibility index (Phi) is 5.84. The Morgan fingerprint density at radius 1 is 1.36 bits per heavy atom. The van der Waals surface area contributed by atoms with E-state index in [1.807, 2.05) is 0 Å². The Bertz CT molecular complexity index is 229. The molecule has 0 aromatic carbocycles. The lowest BCUT2D eigenvalue weighted by Crippen LogP contribution is -2.10. The van der Waals surface area contributed by atoms with Gasteiger partial charge in [0.15, 0.2) is 5.88 Å². The summed E-state index contributed by atoms with van der Waals surface area (Å²) in [6.45, 7) is 3.97. The molecule has 1 N–H and O–H groups in total. The predicted octanol–water partition coefficient (Wildman–Crippen LogP) is 2.17. The summed E-state index contributed by atoms with van der Waals surface area (Å²) in [5.41, 5.74) is 0. The Labute approximate surface area is 84.8 Å². The maximum atomic E-state index is 11.8. The first kappa shape index (κ1) is 13.5. The van der Waals surface area contributed by atoms with Gasteiger partial charge in [-0.2, -0.15) is 0 Å². The summed E-state index contributed by atoms with van der Waals surface area (Å²) in [5.74, 6) is 0.982. The summed E-state index contributed by atoms with van der Waals surface area (Å²) in [6.07, 6.45) is 0. The summed E-state index contributed by atoms with van der Waals surface area (Å²) in [6, 6.07) is 0. The summed E-state index contributed by atoms with van der Waals surface area (Å²) in [7, 11) is -0.0171. The number of rotatable bonds is 6. The van der Waals surface area contributed by atoms with Gasteiger partial charge in [0, 0.05) is 14.1 Å². The zero-order valence-electron chi connectivity index (χ0n) is 9.06. The SMILES string of the molecule is CCOP(=O)(/C=C(\O)N(C)C)OCC. The van der Waals surface area contributed by atoms with Gasteiger partial charge in [-0.1, -0.05) is 0 Å². The number of aliphatic hydroxyl groups is 1. The van der Waals surface area contributed by atoms with E-state index in [0.29, 0.717) is 0 Å². The van der Waals surface area contributed by atoms with Crippen LogP contribution in [-0.2, 0) is 13.6 Å². The minimum Gasteiger partial charge on any atom is -0.494 e. The second kappa shape index (κ2) is 6.06. The minimum absolute atomic E-state index is 0.129. The maximum absolute atomic E-state index is 11.8. The second-order valence-electron chi connectivity index (χ2n) is 2.76. The molecular weight excluding hydrogens is 205 g/mol. The smallest absolute Gasteiger partial charge is 0.359 e. The first-order valence-electron chi connectivity index (χ1n) is 4.43. The molecule has 0 atom stereocenters. The van der Waals surface area contributed by atoms with E-state index in [4.69, 9.17) is 9.05 Å². The van der Waals surface area contributed by atoms with E-state index < -0.39 is 7.60 Å². The second-order valence-corrected chi connectivity index (χ2v) is 4.61. The highest BCUT2D eigenvalue weighted by molar-refractivity contribution is 7.57. The van der Waals surface area contributed by atoms with E-state index in [1.165, 1.54) is 4.90 Å². The van der Waals surface area contributed by atoms with E-state index in [2.05, 4.69) is 0 Å². The molecule has 6 heteroatoms. The molecule has 14 heavy (non-hydrogen) atoms. The number of nitrogens with zero attached hydrogens (tertiary/aromatic N) is 1. The van der Waals surface area contributed by atoms with Crippen molar-refractivity contribution in [2.24, 2.45) is 0 Å². The van der Waals surface area contributed by atoms with Crippen LogP contribution in [0.2, 0.25) is 0 Å². The van der Waals surface area contributed by atoms with Gasteiger partial charge in [0.1, 0.15) is 0 Å². The van der Waals surface area contributed by atoms with Gasteiger partial charge in [-0.25, -0.2) is 0 Å². The lowest BCUT2D eigenvalue weighted by atomic mass is 10.8. The van der Waals surface area contributed by atoms with Crippen molar-refractivity contribution in [3.05, 3.63) is 11.7 Å². The molecule has 5 nitrogen and oxygen atoms in total. The van der Waals surface area contributed by atoms with E-state index in [9.17, 15) is 9.67 Å². The maximum Gasteiger partial charge on any atom is 0.359 e. The van der Waals surface area contributed by atoms with Gasteiger partial charge in [-0.3, -0.25) is 4.57 Å². The highest BCUT2D eigenvalue weighted by Crippen LogP contribution is 2.50. The van der Waals surface area contributed by atoms with E-state index >= 15 is 0 Å². The van der Waals surface area contributed by atoms with Crippen molar-refractivity contribution in [1.82, 2.24) is 4.90 Å². The predicted molar refractivity (Wildman–Crippen MR) is 55.3 cm³/mol. The standard InChI is InChI=1S/C8H18NO4P/c1-5-12-14(11,13-6-2)7-8(10)9(3)4/h7,10H,5-6H2,1-4H3/b8-7-. The fraction of sp³-hybridized carbons (Fsp3) is 0.750. The average molecular weight is 223 g/mol. The molecule has 0 aliphatic carbocycles. The van der Waals surface area contributed by atoms with Gasteiger partial charge in [0.25, 0.3) is 0 Å². The molecule has 0 spiro atoms. The third-order valence-electron chi connectivity index (χ3n) is 1.35. The van der Waals surface area contributed by atoms with E-state index in [0.717, 1.165) is 5.82 Å². The molecule has 0 saturated carbocycles. The molecule has 0 heterocycles. The minimum atomic E-state index is -3.28. The zero-order chi connectivity index (χ0) is 11.2. The normalized spacial score (nSPS) is 13.0. The Hall–Kier alpha value is -0.510. The highest BCUT2D eigenvalue weighted by Gasteiger charge is 2.21. The Morgan fingerprint density at radius 2 is 1.79 bits per heavy atom. The third kappa shape index (κ3) is 4.65. The molecule has 0 amide bonds. The molecule has 0 saturated heterocycles. The van der Waals surface area contributed by atoms with Crippen LogP contribution in [0.5, 0.6) is 0 Å². The first-order chi connectivity index (χ1) is 6.45. The van der Waals surface area contributed by atoms with Crippen LogP contribution in [-0.4, -0.2) is 37.3 Å². The van der Waals surface area contributed by atoms with Crippen LogP contribution in [0.3, 0.4) is 0 Å². The van der Waals surface area contributed by atoms with Gasteiger partial charge in [0.05, 0.1) is 19.0 Å². The molecule has 0 aromatic rings. The molecule has 0 unspecified atom stereocenters. The Morgan fingerprint density at radius 3 is 2.07 bits per heavy atom. The molecule has 84 valence electrons. The molecule has 0 aliphatic rings. The zero-order valence-corrected chi connectivity index (χ0v) is 9.95. The first-order valence-corrected chi connectivity index (χ1v) is 6.04. The average Bonchev–Trinajstić information content (AvgIpc) is 2.04. The number of aliphatic hydroxyl groups excluding tert-OH is 1. The summed E-state index contributed by atoms with van der Waals surface area (Å²) in [4.78, 5) is 1.42. The summed E-state index contributed by atoms with van der Waals surface area (Å²) >= 11 is 0. The molecule has 0 bridgehead atoms. The van der Waals surface area contributed by atoms with Crippen LogP contribution in [0.15, 0.2) is 11.7 Å². The number of hydrogen-bond donors (Lipinski definition) is 1. The van der Waals surface area contributed by atoms with Crippen molar-refractivity contribution in [2.45, 2.75) is 13.8 Å². The molecule has 0 rings (SSSR count). The van der Waals surface area contributed by atoms with Crippen LogP contribution < -0.4 is 0 Å². The van der Waals surface area contributed by atoms with Gasteiger partial charge in [-0.05, 0) is 13.8 Å². The van der Waals surface area contributed by atoms with Crippen LogP contribution in [0.1, 0.15) is 13.8 Å². The van der Waals surface area contributed by atoms with Crippen LogP contribution in [0.25, 0.3) is 0 Å². The van der Waals surface area contributed by atoms with Crippen molar-refractivity contribution < 1.29 is 18.7 Å². The van der Waals surface area contributed by atoms with Crippen molar-refractivity contribution in [1.29, 1.82) is 0 Å². The highest BCUT2D eigenvalue weighted by atomic mass is 31.2. The topological polar surface area (TPSA) is 59.0 Å². The summed E-state index contributed by atoms with van der Waals surface area (Å²) < 4.78 is 21.7. The molecular formula is C8H18NO4P. The lowest BCUT2D eigenvalue weighted by Gasteiger charge is -2.16. The van der Waals surface area contributed by atoms with Crippen molar-refractivity contribution in [3.8, 4) is 0 Å². The fourth-order valence-corrected chi connectivity index (χ4v) is 2.19. The fourth-order valence-electron chi connectivity index (χ4n) is 0.729. The van der Waals surface area contributed by atoms with Gasteiger partial charge >= 0.3 is 7.60 Å². The molecule has 0 radical (unpaired) electrons. The van der Waals surface area contributed by atoms with E-state index in [-0.39, 0.29) is 19.1 Å². The monoisotopic (exact) mass is 223 g/mol. The van der Waals surface area contributed by atoms with Crippen LogP contribution in [0.4, 0.5) is 0 Å². The summed E-state index contributed by atoms with van der Waals surface area (Å²) in [5, 5.41) is 9.37. The van der Waals surface area contributed by atoms with Gasteiger partial charge in [0.2, 0.25) is 0 Å². The molecule has 0 aromatic heterocycles. The number of hydrogen-bond acceptors (Lipinski definition) is 5. The quantitative estimate of drug-likeness (QED) is 0.552. The third-order valence-corrected chi connectivity index (χ3v) is 3.13. The van der Waals surface area contributed by atoms with Crippen molar-refractivity contribution in [3.63, 3.8) is 0 Å². The van der Waals surface area contributed by atoms with Crippen molar-refractivity contribution in [2.75, 3.05) is 27.3 Å². The Balaban J connectivity index is 4.66. The van der Waals surface area contributed by atoms with Gasteiger partial charge < -0.3 is 19.1 Å². The van der Waals surface area contributed by atoms with Gasteiger partial charge in [-0.15, -0.1) is 0 Å². The molecule has 0 fully saturated rings.